The second kappa shape index (κ2) is 4.12. The van der Waals surface area contributed by atoms with E-state index in [0.717, 1.165) is 10.0 Å². The van der Waals surface area contributed by atoms with Gasteiger partial charge in [0.05, 0.1) is 6.04 Å². The van der Waals surface area contributed by atoms with Crippen LogP contribution in [-0.2, 0) is 0 Å². The largest absolute Gasteiger partial charge is 0.337 e. The summed E-state index contributed by atoms with van der Waals surface area (Å²) < 4.78 is 6.03. The van der Waals surface area contributed by atoms with Crippen molar-refractivity contribution >= 4 is 15.9 Å². The van der Waals surface area contributed by atoms with Crippen molar-refractivity contribution in [1.82, 2.24) is 10.1 Å². The molecule has 15 heavy (non-hydrogen) atoms. The lowest BCUT2D eigenvalue weighted by atomic mass is 10.2. The standard InChI is InChI=1S/C10H10BrN3O/c1-6(12)10-13-9(14-15-10)7-2-4-8(11)5-3-7/h2-6H,12H2,1H3/t6-/m0/s1. The van der Waals surface area contributed by atoms with Crippen molar-refractivity contribution in [2.75, 3.05) is 0 Å². The molecule has 2 rings (SSSR count). The number of halogens is 1. The molecule has 0 bridgehead atoms. The summed E-state index contributed by atoms with van der Waals surface area (Å²) in [6.45, 7) is 1.80. The molecule has 2 N–H and O–H groups in total. The molecular formula is C10H10BrN3O. The van der Waals surface area contributed by atoms with Gasteiger partial charge in [-0.15, -0.1) is 0 Å². The second-order valence-corrected chi connectivity index (χ2v) is 4.17. The summed E-state index contributed by atoms with van der Waals surface area (Å²) in [7, 11) is 0. The predicted octanol–water partition coefficient (Wildman–Crippen LogP) is 2.52. The Kier molecular flexibility index (Phi) is 2.83. The number of aromatic nitrogens is 2. The minimum atomic E-state index is -0.235. The zero-order chi connectivity index (χ0) is 10.8. The molecule has 0 spiro atoms. The molecule has 0 unspecified atom stereocenters. The summed E-state index contributed by atoms with van der Waals surface area (Å²) in [5.74, 6) is 1.02. The van der Waals surface area contributed by atoms with E-state index in [4.69, 9.17) is 10.3 Å². The minimum Gasteiger partial charge on any atom is -0.337 e. The van der Waals surface area contributed by atoms with Crippen molar-refractivity contribution in [1.29, 1.82) is 0 Å². The Balaban J connectivity index is 2.33. The van der Waals surface area contributed by atoms with E-state index in [2.05, 4.69) is 26.1 Å². The molecule has 0 aliphatic heterocycles. The molecule has 0 saturated carbocycles. The van der Waals surface area contributed by atoms with Crippen LogP contribution in [0.5, 0.6) is 0 Å². The number of nitrogens with two attached hydrogens (primary N) is 1. The minimum absolute atomic E-state index is 0.235. The lowest BCUT2D eigenvalue weighted by Gasteiger charge is -1.94. The first-order valence-electron chi connectivity index (χ1n) is 4.52. The Morgan fingerprint density at radius 3 is 2.53 bits per heavy atom. The molecule has 0 aliphatic rings. The summed E-state index contributed by atoms with van der Waals surface area (Å²) >= 11 is 3.36. The van der Waals surface area contributed by atoms with E-state index in [1.165, 1.54) is 0 Å². The van der Waals surface area contributed by atoms with Crippen LogP contribution >= 0.6 is 15.9 Å². The van der Waals surface area contributed by atoms with E-state index in [9.17, 15) is 0 Å². The maximum absolute atomic E-state index is 5.63. The highest BCUT2D eigenvalue weighted by atomic mass is 79.9. The first-order chi connectivity index (χ1) is 7.16. The third-order valence-electron chi connectivity index (χ3n) is 1.93. The number of nitrogens with zero attached hydrogens (tertiary/aromatic N) is 2. The molecule has 1 aromatic heterocycles. The van der Waals surface area contributed by atoms with Crippen molar-refractivity contribution in [2.24, 2.45) is 5.73 Å². The van der Waals surface area contributed by atoms with Crippen molar-refractivity contribution in [3.05, 3.63) is 34.6 Å². The Bertz CT molecular complexity index is 450. The van der Waals surface area contributed by atoms with Gasteiger partial charge in [-0.05, 0) is 31.2 Å². The highest BCUT2D eigenvalue weighted by Crippen LogP contribution is 2.20. The van der Waals surface area contributed by atoms with Crippen LogP contribution in [0.3, 0.4) is 0 Å². The van der Waals surface area contributed by atoms with Crippen molar-refractivity contribution in [2.45, 2.75) is 13.0 Å². The van der Waals surface area contributed by atoms with E-state index < -0.39 is 0 Å². The summed E-state index contributed by atoms with van der Waals surface area (Å²) in [6, 6.07) is 7.45. The van der Waals surface area contributed by atoms with E-state index in [1.54, 1.807) is 6.92 Å². The Labute approximate surface area is 95.6 Å². The molecule has 1 heterocycles. The van der Waals surface area contributed by atoms with Crippen LogP contribution in [0.4, 0.5) is 0 Å². The lowest BCUT2D eigenvalue weighted by Crippen LogP contribution is -2.04. The van der Waals surface area contributed by atoms with Crippen LogP contribution in [0, 0.1) is 0 Å². The van der Waals surface area contributed by atoms with Crippen molar-refractivity contribution in [3.8, 4) is 11.4 Å². The number of hydrogen-bond donors (Lipinski definition) is 1. The molecule has 0 saturated heterocycles. The van der Waals surface area contributed by atoms with Gasteiger partial charge in [0.25, 0.3) is 0 Å². The van der Waals surface area contributed by atoms with Gasteiger partial charge in [-0.3, -0.25) is 0 Å². The molecular weight excluding hydrogens is 258 g/mol. The molecule has 4 nitrogen and oxygen atoms in total. The van der Waals surface area contributed by atoms with Crippen molar-refractivity contribution in [3.63, 3.8) is 0 Å². The van der Waals surface area contributed by atoms with Gasteiger partial charge < -0.3 is 10.3 Å². The lowest BCUT2D eigenvalue weighted by molar-refractivity contribution is 0.362. The fourth-order valence-electron chi connectivity index (χ4n) is 1.14. The highest BCUT2D eigenvalue weighted by Gasteiger charge is 2.11. The first-order valence-corrected chi connectivity index (χ1v) is 5.31. The summed E-state index contributed by atoms with van der Waals surface area (Å²) in [5.41, 5.74) is 6.54. The molecule has 0 fully saturated rings. The smallest absolute Gasteiger partial charge is 0.243 e. The molecule has 0 aliphatic carbocycles. The first kappa shape index (κ1) is 10.3. The fourth-order valence-corrected chi connectivity index (χ4v) is 1.40. The normalized spacial score (nSPS) is 12.7. The van der Waals surface area contributed by atoms with Crippen LogP contribution < -0.4 is 5.73 Å². The molecule has 1 aromatic carbocycles. The average Bonchev–Trinajstić information content (AvgIpc) is 2.68. The van der Waals surface area contributed by atoms with Gasteiger partial charge in [-0.25, -0.2) is 0 Å². The Morgan fingerprint density at radius 2 is 2.00 bits per heavy atom. The summed E-state index contributed by atoms with van der Waals surface area (Å²) in [6.07, 6.45) is 0. The molecule has 2 aromatic rings. The number of rotatable bonds is 2. The van der Waals surface area contributed by atoms with Gasteiger partial charge in [0.2, 0.25) is 11.7 Å². The van der Waals surface area contributed by atoms with Crippen LogP contribution in [0.15, 0.2) is 33.3 Å². The number of benzene rings is 1. The Hall–Kier alpha value is -1.20. The Morgan fingerprint density at radius 1 is 1.33 bits per heavy atom. The topological polar surface area (TPSA) is 64.9 Å². The van der Waals surface area contributed by atoms with Gasteiger partial charge in [-0.2, -0.15) is 4.98 Å². The average molecular weight is 268 g/mol. The predicted molar refractivity (Wildman–Crippen MR) is 60.0 cm³/mol. The van der Waals surface area contributed by atoms with E-state index in [0.29, 0.717) is 11.7 Å². The molecule has 0 amide bonds. The van der Waals surface area contributed by atoms with Crippen molar-refractivity contribution < 1.29 is 4.52 Å². The summed E-state index contributed by atoms with van der Waals surface area (Å²) in [5, 5.41) is 3.86. The zero-order valence-corrected chi connectivity index (χ0v) is 9.73. The van der Waals surface area contributed by atoms with Gasteiger partial charge in [-0.1, -0.05) is 21.1 Å². The maximum atomic E-state index is 5.63. The van der Waals surface area contributed by atoms with Crippen LogP contribution in [0.25, 0.3) is 11.4 Å². The third kappa shape index (κ3) is 2.24. The van der Waals surface area contributed by atoms with Crippen LogP contribution in [-0.4, -0.2) is 10.1 Å². The van der Waals surface area contributed by atoms with Crippen LogP contribution in [0.1, 0.15) is 18.9 Å². The van der Waals surface area contributed by atoms with E-state index >= 15 is 0 Å². The SMILES string of the molecule is C[C@H](N)c1nc(-c2ccc(Br)cc2)no1. The van der Waals surface area contributed by atoms with Gasteiger partial charge >= 0.3 is 0 Å². The quantitative estimate of drug-likeness (QED) is 0.908. The zero-order valence-electron chi connectivity index (χ0n) is 8.14. The van der Waals surface area contributed by atoms with E-state index in [-0.39, 0.29) is 6.04 Å². The van der Waals surface area contributed by atoms with Gasteiger partial charge in [0, 0.05) is 10.0 Å². The van der Waals surface area contributed by atoms with Crippen LogP contribution in [0.2, 0.25) is 0 Å². The third-order valence-corrected chi connectivity index (χ3v) is 2.46. The fraction of sp³-hybridized carbons (Fsp3) is 0.200. The second-order valence-electron chi connectivity index (χ2n) is 3.25. The highest BCUT2D eigenvalue weighted by molar-refractivity contribution is 9.10. The monoisotopic (exact) mass is 267 g/mol. The molecule has 78 valence electrons. The van der Waals surface area contributed by atoms with Gasteiger partial charge in [0.1, 0.15) is 0 Å². The molecule has 1 atom stereocenters. The molecule has 5 heteroatoms. The maximum Gasteiger partial charge on any atom is 0.243 e. The van der Waals surface area contributed by atoms with Gasteiger partial charge in [0.15, 0.2) is 0 Å². The van der Waals surface area contributed by atoms with E-state index in [1.807, 2.05) is 24.3 Å². The molecule has 0 radical (unpaired) electrons. The number of hydrogen-bond acceptors (Lipinski definition) is 4. The summed E-state index contributed by atoms with van der Waals surface area (Å²) in [4.78, 5) is 4.19.